The molecule has 2 heterocycles. The van der Waals surface area contributed by atoms with Crippen LogP contribution < -0.4 is 5.56 Å². The molecule has 0 unspecified atom stereocenters. The van der Waals surface area contributed by atoms with Crippen LogP contribution in [0.2, 0.25) is 0 Å². The Bertz CT molecular complexity index is 994. The zero-order valence-corrected chi connectivity index (χ0v) is 13.0. The van der Waals surface area contributed by atoms with E-state index in [0.29, 0.717) is 39.8 Å². The molecule has 4 N–H and O–H groups in total. The predicted molar refractivity (Wildman–Crippen MR) is 87.1 cm³/mol. The van der Waals surface area contributed by atoms with Crippen LogP contribution in [0.3, 0.4) is 0 Å². The van der Waals surface area contributed by atoms with E-state index >= 15 is 0 Å². The number of nitrogens with one attached hydrogen (secondary N) is 2. The fourth-order valence-corrected chi connectivity index (χ4v) is 2.80. The summed E-state index contributed by atoms with van der Waals surface area (Å²) in [5.74, 6) is -2.39. The number of carbonyl (C=O) groups is 1. The molecule has 7 heteroatoms. The third-order valence-electron chi connectivity index (χ3n) is 4.03. The van der Waals surface area contributed by atoms with Crippen LogP contribution in [0.1, 0.15) is 28.4 Å². The summed E-state index contributed by atoms with van der Waals surface area (Å²) in [4.78, 5) is 28.7. The van der Waals surface area contributed by atoms with Gasteiger partial charge in [0.05, 0.1) is 11.4 Å². The zero-order valence-electron chi connectivity index (χ0n) is 13.0. The van der Waals surface area contributed by atoms with Gasteiger partial charge in [-0.2, -0.15) is 0 Å². The van der Waals surface area contributed by atoms with Crippen molar-refractivity contribution in [1.82, 2.24) is 9.97 Å². The maximum atomic E-state index is 13.7. The summed E-state index contributed by atoms with van der Waals surface area (Å²) in [6.45, 7) is 3.37. The third kappa shape index (κ3) is 2.34. The van der Waals surface area contributed by atoms with Gasteiger partial charge in [0.2, 0.25) is 0 Å². The number of rotatable bonds is 3. The lowest BCUT2D eigenvalue weighted by atomic mass is 10.0. The molecule has 0 bridgehead atoms. The van der Waals surface area contributed by atoms with Crippen molar-refractivity contribution >= 4 is 16.9 Å². The standard InChI is InChI=1S/C17H15FN2O4/c1-3-9-14(20-16(22)13(15(9)21)17(23)24)12-6-8-5-10(18)7(2)4-11(8)19-12/h4-6,19H,3H2,1-2H3,(H,23,24)(H2,20,21,22). The summed E-state index contributed by atoms with van der Waals surface area (Å²) in [6, 6.07) is 4.66. The van der Waals surface area contributed by atoms with Crippen molar-refractivity contribution in [2.24, 2.45) is 0 Å². The fourth-order valence-electron chi connectivity index (χ4n) is 2.80. The van der Waals surface area contributed by atoms with Gasteiger partial charge < -0.3 is 20.2 Å². The van der Waals surface area contributed by atoms with Gasteiger partial charge in [-0.15, -0.1) is 0 Å². The molecular formula is C17H15FN2O4. The number of carboxylic acids is 1. The Morgan fingerprint density at radius 1 is 1.25 bits per heavy atom. The van der Waals surface area contributed by atoms with Crippen LogP contribution in [0, 0.1) is 12.7 Å². The monoisotopic (exact) mass is 330 g/mol. The topological polar surface area (TPSA) is 106 Å². The second-order valence-electron chi connectivity index (χ2n) is 5.56. The number of pyridine rings is 1. The third-order valence-corrected chi connectivity index (χ3v) is 4.03. The second-order valence-corrected chi connectivity index (χ2v) is 5.56. The van der Waals surface area contributed by atoms with Crippen LogP contribution in [0.15, 0.2) is 23.0 Å². The Hall–Kier alpha value is -3.09. The van der Waals surface area contributed by atoms with E-state index in [1.54, 1.807) is 26.0 Å². The number of hydrogen-bond acceptors (Lipinski definition) is 3. The van der Waals surface area contributed by atoms with E-state index in [-0.39, 0.29) is 5.82 Å². The molecular weight excluding hydrogens is 315 g/mol. The average Bonchev–Trinajstić information content (AvgIpc) is 2.89. The van der Waals surface area contributed by atoms with Gasteiger partial charge in [-0.3, -0.25) is 4.79 Å². The lowest BCUT2D eigenvalue weighted by Gasteiger charge is -2.10. The molecule has 0 saturated heterocycles. The highest BCUT2D eigenvalue weighted by atomic mass is 19.1. The van der Waals surface area contributed by atoms with Gasteiger partial charge in [-0.05, 0) is 37.1 Å². The number of aryl methyl sites for hydroxylation is 1. The second kappa shape index (κ2) is 5.52. The Labute approximate surface area is 135 Å². The number of halogens is 1. The maximum absolute atomic E-state index is 13.7. The molecule has 0 aliphatic rings. The van der Waals surface area contributed by atoms with Gasteiger partial charge in [0, 0.05) is 16.5 Å². The number of aromatic hydroxyl groups is 1. The van der Waals surface area contributed by atoms with Crippen LogP contribution in [0.5, 0.6) is 5.75 Å². The van der Waals surface area contributed by atoms with Crippen molar-refractivity contribution in [1.29, 1.82) is 0 Å². The lowest BCUT2D eigenvalue weighted by Crippen LogP contribution is -2.20. The van der Waals surface area contributed by atoms with Gasteiger partial charge in [0.1, 0.15) is 11.6 Å². The number of aromatic nitrogens is 2. The molecule has 1 aromatic carbocycles. The highest BCUT2D eigenvalue weighted by molar-refractivity contribution is 5.92. The van der Waals surface area contributed by atoms with Crippen LogP contribution >= 0.6 is 0 Å². The first-order valence-electron chi connectivity index (χ1n) is 7.34. The first-order valence-corrected chi connectivity index (χ1v) is 7.34. The molecule has 3 rings (SSSR count). The van der Waals surface area contributed by atoms with Gasteiger partial charge in [0.15, 0.2) is 5.56 Å². The first kappa shape index (κ1) is 15.8. The molecule has 6 nitrogen and oxygen atoms in total. The minimum Gasteiger partial charge on any atom is -0.506 e. The molecule has 0 amide bonds. The number of benzene rings is 1. The Morgan fingerprint density at radius 2 is 1.96 bits per heavy atom. The van der Waals surface area contributed by atoms with Crippen molar-refractivity contribution < 1.29 is 19.4 Å². The number of aromatic carboxylic acids is 1. The van der Waals surface area contributed by atoms with Crippen molar-refractivity contribution in [3.63, 3.8) is 0 Å². The van der Waals surface area contributed by atoms with Gasteiger partial charge in [0.25, 0.3) is 5.56 Å². The highest BCUT2D eigenvalue weighted by Gasteiger charge is 2.22. The van der Waals surface area contributed by atoms with Crippen LogP contribution in [0.4, 0.5) is 4.39 Å². The normalized spacial score (nSPS) is 11.1. The number of H-pyrrole nitrogens is 2. The van der Waals surface area contributed by atoms with Crippen molar-refractivity contribution in [2.75, 3.05) is 0 Å². The van der Waals surface area contributed by atoms with E-state index in [2.05, 4.69) is 9.97 Å². The molecule has 124 valence electrons. The first-order chi connectivity index (χ1) is 11.3. The lowest BCUT2D eigenvalue weighted by molar-refractivity contribution is 0.0691. The molecule has 0 spiro atoms. The number of aromatic amines is 2. The molecule has 0 atom stereocenters. The zero-order chi connectivity index (χ0) is 17.6. The fraction of sp³-hybridized carbons (Fsp3) is 0.176. The van der Waals surface area contributed by atoms with E-state index in [1.807, 2.05) is 0 Å². The van der Waals surface area contributed by atoms with E-state index in [4.69, 9.17) is 5.11 Å². The molecule has 0 saturated carbocycles. The van der Waals surface area contributed by atoms with Crippen LogP contribution in [-0.4, -0.2) is 26.2 Å². The molecule has 0 radical (unpaired) electrons. The summed E-state index contributed by atoms with van der Waals surface area (Å²) in [5.41, 5.74) is 0.630. The van der Waals surface area contributed by atoms with Gasteiger partial charge in [-0.25, -0.2) is 9.18 Å². The van der Waals surface area contributed by atoms with E-state index < -0.39 is 22.8 Å². The average molecular weight is 330 g/mol. The molecule has 3 aromatic rings. The number of carboxylic acid groups (broad SMARTS) is 1. The Balaban J connectivity index is 2.30. The molecule has 0 aliphatic carbocycles. The van der Waals surface area contributed by atoms with Crippen molar-refractivity contribution in [3.8, 4) is 17.1 Å². The summed E-state index contributed by atoms with van der Waals surface area (Å²) in [7, 11) is 0. The largest absolute Gasteiger partial charge is 0.506 e. The molecule has 0 fully saturated rings. The minimum atomic E-state index is -1.50. The summed E-state index contributed by atoms with van der Waals surface area (Å²) in [6.07, 6.45) is 0.307. The van der Waals surface area contributed by atoms with E-state index in [0.717, 1.165) is 0 Å². The summed E-state index contributed by atoms with van der Waals surface area (Å²) < 4.78 is 13.7. The van der Waals surface area contributed by atoms with Gasteiger partial charge in [-0.1, -0.05) is 6.92 Å². The Kier molecular flexibility index (Phi) is 3.63. The predicted octanol–water partition coefficient (Wildman–Crippen LogP) is 2.94. The van der Waals surface area contributed by atoms with E-state index in [1.165, 1.54) is 6.07 Å². The van der Waals surface area contributed by atoms with Crippen LogP contribution in [-0.2, 0) is 6.42 Å². The van der Waals surface area contributed by atoms with Crippen LogP contribution in [0.25, 0.3) is 22.3 Å². The number of fused-ring (bicyclic) bond motifs is 1. The van der Waals surface area contributed by atoms with Crippen molar-refractivity contribution in [2.45, 2.75) is 20.3 Å². The number of hydrogen-bond donors (Lipinski definition) is 4. The SMILES string of the molecule is CCc1c(-c2cc3cc(F)c(C)cc3[nH]2)[nH]c(=O)c(C(=O)O)c1O. The summed E-state index contributed by atoms with van der Waals surface area (Å²) in [5, 5.41) is 19.9. The van der Waals surface area contributed by atoms with E-state index in [9.17, 15) is 19.1 Å². The molecule has 0 aliphatic heterocycles. The minimum absolute atomic E-state index is 0.291. The summed E-state index contributed by atoms with van der Waals surface area (Å²) >= 11 is 0. The highest BCUT2D eigenvalue weighted by Crippen LogP contribution is 2.31. The molecule has 24 heavy (non-hydrogen) atoms. The maximum Gasteiger partial charge on any atom is 0.345 e. The Morgan fingerprint density at radius 3 is 2.58 bits per heavy atom. The molecule has 2 aromatic heterocycles. The quantitative estimate of drug-likeness (QED) is 0.592. The van der Waals surface area contributed by atoms with Gasteiger partial charge >= 0.3 is 5.97 Å². The van der Waals surface area contributed by atoms with Crippen molar-refractivity contribution in [3.05, 3.63) is 51.1 Å². The smallest absolute Gasteiger partial charge is 0.345 e.